The fraction of sp³-hybridized carbons (Fsp3) is 0.182. The Labute approximate surface area is 128 Å². The minimum absolute atomic E-state index is 0.0648. The highest BCUT2D eigenvalue weighted by Gasteiger charge is 2.15. The maximum absolute atomic E-state index is 11.3. The smallest absolute Gasteiger partial charge is 0.252 e. The number of aliphatic hydroxyl groups is 1. The van der Waals surface area contributed by atoms with Crippen molar-refractivity contribution in [3.63, 3.8) is 0 Å². The van der Waals surface area contributed by atoms with Crippen LogP contribution < -0.4 is 11.1 Å². The van der Waals surface area contributed by atoms with E-state index < -0.39 is 12.0 Å². The Kier molecular flexibility index (Phi) is 4.77. The molecule has 2 rings (SSSR count). The Morgan fingerprint density at radius 2 is 2.20 bits per heavy atom. The van der Waals surface area contributed by atoms with Gasteiger partial charge in [-0.3, -0.25) is 4.79 Å². The van der Waals surface area contributed by atoms with Crippen LogP contribution in [0, 0.1) is 0 Å². The molecule has 0 saturated heterocycles. The lowest BCUT2D eigenvalue weighted by Gasteiger charge is -2.12. The summed E-state index contributed by atoms with van der Waals surface area (Å²) in [6.45, 7) is 0.132. The number of nitrogens with two attached hydrogens (primary N) is 1. The summed E-state index contributed by atoms with van der Waals surface area (Å²) in [6, 6.07) is 4.73. The summed E-state index contributed by atoms with van der Waals surface area (Å²) in [6.07, 6.45) is -0.786. The van der Waals surface area contributed by atoms with Crippen molar-refractivity contribution in [2.45, 2.75) is 6.10 Å². The molecule has 1 unspecified atom stereocenters. The lowest BCUT2D eigenvalue weighted by Crippen LogP contribution is -2.19. The number of thiophene rings is 1. The number of halogens is 2. The molecular weight excluding hydrogens is 323 g/mol. The first kappa shape index (κ1) is 15.0. The molecule has 20 heavy (non-hydrogen) atoms. The Bertz CT molecular complexity index is 635. The van der Waals surface area contributed by atoms with E-state index in [0.717, 1.165) is 0 Å². The van der Waals surface area contributed by atoms with Gasteiger partial charge in [0.1, 0.15) is 6.10 Å². The molecule has 0 bridgehead atoms. The highest BCUT2D eigenvalue weighted by Crippen LogP contribution is 2.27. The summed E-state index contributed by atoms with van der Waals surface area (Å²) in [5.41, 5.74) is 5.33. The third-order valence-corrected chi connectivity index (χ3v) is 3.93. The molecule has 2 heterocycles. The van der Waals surface area contributed by atoms with Crippen molar-refractivity contribution in [2.24, 2.45) is 5.73 Å². The van der Waals surface area contributed by atoms with Crippen molar-refractivity contribution < 1.29 is 9.90 Å². The van der Waals surface area contributed by atoms with Crippen LogP contribution in [0.15, 0.2) is 18.2 Å². The number of rotatable bonds is 5. The zero-order valence-corrected chi connectivity index (χ0v) is 12.3. The summed E-state index contributed by atoms with van der Waals surface area (Å²) in [4.78, 5) is 12.0. The van der Waals surface area contributed by atoms with Crippen LogP contribution in [0.2, 0.25) is 9.49 Å². The highest BCUT2D eigenvalue weighted by atomic mass is 35.5. The predicted octanol–water partition coefficient (Wildman–Crippen LogP) is 2.09. The highest BCUT2D eigenvalue weighted by molar-refractivity contribution is 7.16. The number of hydrogen-bond donors (Lipinski definition) is 3. The van der Waals surface area contributed by atoms with Gasteiger partial charge in [-0.05, 0) is 18.2 Å². The van der Waals surface area contributed by atoms with E-state index in [2.05, 4.69) is 15.5 Å². The van der Waals surface area contributed by atoms with Gasteiger partial charge in [-0.15, -0.1) is 21.5 Å². The molecule has 2 aromatic heterocycles. The minimum atomic E-state index is -0.786. The van der Waals surface area contributed by atoms with Crippen LogP contribution in [0.5, 0.6) is 0 Å². The second-order valence-corrected chi connectivity index (χ2v) is 5.97. The topological polar surface area (TPSA) is 101 Å². The van der Waals surface area contributed by atoms with Crippen LogP contribution in [-0.2, 0) is 0 Å². The summed E-state index contributed by atoms with van der Waals surface area (Å²) in [5, 5.41) is 20.2. The molecular formula is C11H10Cl2N4O2S. The second-order valence-electron chi connectivity index (χ2n) is 3.83. The molecule has 0 fully saturated rings. The Balaban J connectivity index is 2.09. The van der Waals surface area contributed by atoms with Crippen molar-refractivity contribution in [3.8, 4) is 0 Å². The third kappa shape index (κ3) is 3.57. The zero-order valence-electron chi connectivity index (χ0n) is 10.0. The van der Waals surface area contributed by atoms with Gasteiger partial charge in [0.2, 0.25) is 0 Å². The molecule has 0 radical (unpaired) electrons. The van der Waals surface area contributed by atoms with Crippen molar-refractivity contribution in [1.82, 2.24) is 10.2 Å². The van der Waals surface area contributed by atoms with E-state index in [9.17, 15) is 9.90 Å². The number of carbonyl (C=O) groups is 1. The number of amides is 1. The average Bonchev–Trinajstić information content (AvgIpc) is 2.83. The van der Waals surface area contributed by atoms with E-state index in [0.29, 0.717) is 9.21 Å². The quantitative estimate of drug-likeness (QED) is 0.778. The van der Waals surface area contributed by atoms with Crippen LogP contribution >= 0.6 is 34.5 Å². The average molecular weight is 333 g/mol. The van der Waals surface area contributed by atoms with Gasteiger partial charge in [0, 0.05) is 11.4 Å². The van der Waals surface area contributed by atoms with E-state index in [1.54, 1.807) is 12.1 Å². The number of nitrogens with zero attached hydrogens (tertiary/aromatic N) is 2. The van der Waals surface area contributed by atoms with Crippen LogP contribution in [0.1, 0.15) is 21.3 Å². The van der Waals surface area contributed by atoms with Gasteiger partial charge in [-0.1, -0.05) is 23.2 Å². The summed E-state index contributed by atoms with van der Waals surface area (Å²) >= 11 is 12.7. The molecule has 9 heteroatoms. The van der Waals surface area contributed by atoms with E-state index in [1.165, 1.54) is 17.4 Å². The van der Waals surface area contributed by atoms with Crippen molar-refractivity contribution in [2.75, 3.05) is 11.9 Å². The van der Waals surface area contributed by atoms with Crippen LogP contribution in [-0.4, -0.2) is 27.8 Å². The number of nitrogens with one attached hydrogen (secondary N) is 1. The molecule has 0 aliphatic rings. The molecule has 0 saturated carbocycles. The number of anilines is 1. The number of hydrogen-bond acceptors (Lipinski definition) is 6. The number of primary amides is 1. The molecule has 1 atom stereocenters. The molecule has 106 valence electrons. The first-order chi connectivity index (χ1) is 9.47. The van der Waals surface area contributed by atoms with Crippen molar-refractivity contribution in [3.05, 3.63) is 38.1 Å². The zero-order chi connectivity index (χ0) is 14.7. The van der Waals surface area contributed by atoms with Crippen molar-refractivity contribution in [1.29, 1.82) is 0 Å². The third-order valence-electron chi connectivity index (χ3n) is 2.41. The van der Waals surface area contributed by atoms with Gasteiger partial charge in [-0.25, -0.2) is 0 Å². The Hall–Kier alpha value is -1.41. The molecule has 0 aromatic carbocycles. The minimum Gasteiger partial charge on any atom is -0.386 e. The lowest BCUT2D eigenvalue weighted by molar-refractivity contribution is 0.100. The first-order valence-electron chi connectivity index (χ1n) is 5.47. The fourth-order valence-corrected chi connectivity index (χ4v) is 2.68. The molecule has 0 aliphatic carbocycles. The van der Waals surface area contributed by atoms with E-state index in [4.69, 9.17) is 28.9 Å². The fourth-order valence-electron chi connectivity index (χ4n) is 1.49. The van der Waals surface area contributed by atoms with Crippen LogP contribution in [0.25, 0.3) is 0 Å². The maximum Gasteiger partial charge on any atom is 0.252 e. The standard InChI is InChI=1S/C11H10Cl2N4O2S/c12-8-3-5(10(14)19)11(17-16-8)15-4-6(18)7-1-2-9(13)20-7/h1-3,6,18H,4H2,(H2,14,19)(H,15,17). The molecule has 0 spiro atoms. The molecule has 6 nitrogen and oxygen atoms in total. The van der Waals surface area contributed by atoms with Gasteiger partial charge >= 0.3 is 0 Å². The van der Waals surface area contributed by atoms with E-state index in [1.807, 2.05) is 0 Å². The van der Waals surface area contributed by atoms with Crippen molar-refractivity contribution >= 4 is 46.3 Å². The Morgan fingerprint density at radius 3 is 2.80 bits per heavy atom. The SMILES string of the molecule is NC(=O)c1cc(Cl)nnc1NCC(O)c1ccc(Cl)s1. The molecule has 2 aromatic rings. The molecule has 1 amide bonds. The summed E-state index contributed by atoms with van der Waals surface area (Å²) in [5.74, 6) is -0.512. The maximum atomic E-state index is 11.3. The first-order valence-corrected chi connectivity index (χ1v) is 7.05. The normalized spacial score (nSPS) is 12.2. The summed E-state index contributed by atoms with van der Waals surface area (Å²) < 4.78 is 0.586. The van der Waals surface area contributed by atoms with Crippen LogP contribution in [0.4, 0.5) is 5.82 Å². The monoisotopic (exact) mass is 332 g/mol. The second kappa shape index (κ2) is 6.36. The lowest BCUT2D eigenvalue weighted by atomic mass is 10.2. The van der Waals surface area contributed by atoms with Crippen LogP contribution in [0.3, 0.4) is 0 Å². The molecule has 0 aliphatic heterocycles. The van der Waals surface area contributed by atoms with E-state index >= 15 is 0 Å². The van der Waals surface area contributed by atoms with Gasteiger partial charge in [0.25, 0.3) is 5.91 Å². The molecule has 4 N–H and O–H groups in total. The number of carbonyl (C=O) groups excluding carboxylic acids is 1. The number of aliphatic hydroxyl groups excluding tert-OH is 1. The summed E-state index contributed by atoms with van der Waals surface area (Å²) in [7, 11) is 0. The van der Waals surface area contributed by atoms with Gasteiger partial charge in [-0.2, -0.15) is 0 Å². The number of aromatic nitrogens is 2. The predicted molar refractivity (Wildman–Crippen MR) is 78.3 cm³/mol. The van der Waals surface area contributed by atoms with Gasteiger partial charge < -0.3 is 16.2 Å². The Morgan fingerprint density at radius 1 is 1.45 bits per heavy atom. The van der Waals surface area contributed by atoms with Gasteiger partial charge in [0.15, 0.2) is 11.0 Å². The van der Waals surface area contributed by atoms with E-state index in [-0.39, 0.29) is 23.1 Å². The largest absolute Gasteiger partial charge is 0.386 e. The van der Waals surface area contributed by atoms with Gasteiger partial charge in [0.05, 0.1) is 9.90 Å².